The van der Waals surface area contributed by atoms with Crippen LogP contribution in [-0.2, 0) is 13.5 Å². The van der Waals surface area contributed by atoms with Crippen molar-refractivity contribution in [3.8, 4) is 0 Å². The van der Waals surface area contributed by atoms with Crippen molar-refractivity contribution in [1.29, 1.82) is 0 Å². The van der Waals surface area contributed by atoms with Crippen molar-refractivity contribution in [2.24, 2.45) is 17.8 Å². The first-order chi connectivity index (χ1) is 8.45. The number of aliphatic imine (C=N–C) groups is 1. The first kappa shape index (κ1) is 18.2. The Balaban J connectivity index is 0.00000324. The summed E-state index contributed by atoms with van der Waals surface area (Å²) in [4.78, 5) is 4.35. The maximum atomic E-state index is 5.81. The van der Waals surface area contributed by atoms with Gasteiger partial charge in [-0.25, -0.2) is 0 Å². The summed E-state index contributed by atoms with van der Waals surface area (Å²) in [6, 6.07) is 0.371. The number of guanidine groups is 1. The highest BCUT2D eigenvalue weighted by molar-refractivity contribution is 14.0. The van der Waals surface area contributed by atoms with Gasteiger partial charge in [-0.3, -0.25) is 9.67 Å². The molecule has 19 heavy (non-hydrogen) atoms. The molecule has 110 valence electrons. The van der Waals surface area contributed by atoms with Crippen LogP contribution >= 0.6 is 24.0 Å². The van der Waals surface area contributed by atoms with Crippen molar-refractivity contribution in [3.05, 3.63) is 17.0 Å². The number of rotatable bonds is 5. The third-order valence-corrected chi connectivity index (χ3v) is 3.31. The van der Waals surface area contributed by atoms with Gasteiger partial charge in [0.2, 0.25) is 0 Å². The summed E-state index contributed by atoms with van der Waals surface area (Å²) in [7, 11) is 1.97. The zero-order chi connectivity index (χ0) is 13.7. The summed E-state index contributed by atoms with van der Waals surface area (Å²) in [6.07, 6.45) is 1.92. The normalized spacial score (nSPS) is 13.0. The summed E-state index contributed by atoms with van der Waals surface area (Å²) < 4.78 is 1.91. The third kappa shape index (κ3) is 5.38. The average Bonchev–Trinajstić information content (AvgIpc) is 2.55. The Kier molecular flexibility index (Phi) is 8.05. The molecule has 0 aliphatic rings. The van der Waals surface area contributed by atoms with E-state index in [1.165, 1.54) is 11.3 Å². The number of aromatic nitrogens is 2. The van der Waals surface area contributed by atoms with Gasteiger partial charge in [-0.2, -0.15) is 5.10 Å². The van der Waals surface area contributed by atoms with Gasteiger partial charge in [0.1, 0.15) is 0 Å². The summed E-state index contributed by atoms with van der Waals surface area (Å²) in [5, 5.41) is 7.55. The molecule has 1 unspecified atom stereocenters. The molecule has 0 saturated heterocycles. The summed E-state index contributed by atoms with van der Waals surface area (Å²) >= 11 is 0. The molecule has 1 aromatic rings. The van der Waals surface area contributed by atoms with Gasteiger partial charge in [0.25, 0.3) is 0 Å². The van der Waals surface area contributed by atoms with Crippen LogP contribution in [0, 0.1) is 13.8 Å². The Labute approximate surface area is 133 Å². The monoisotopic (exact) mass is 379 g/mol. The SMILES string of the molecule is CCC(C)NC(N)=NCCc1c(C)nn(C)c1C.I. The highest BCUT2D eigenvalue weighted by Gasteiger charge is 2.08. The fraction of sp³-hybridized carbons (Fsp3) is 0.692. The van der Waals surface area contributed by atoms with E-state index >= 15 is 0 Å². The topological polar surface area (TPSA) is 68.2 Å². The lowest BCUT2D eigenvalue weighted by Crippen LogP contribution is -2.38. The van der Waals surface area contributed by atoms with Crippen LogP contribution < -0.4 is 11.1 Å². The molecular formula is C13H26IN5. The lowest BCUT2D eigenvalue weighted by atomic mass is 10.1. The number of nitrogens with two attached hydrogens (primary N) is 1. The minimum Gasteiger partial charge on any atom is -0.370 e. The van der Waals surface area contributed by atoms with E-state index in [1.807, 2.05) is 18.7 Å². The summed E-state index contributed by atoms with van der Waals surface area (Å²) in [5.74, 6) is 0.531. The van der Waals surface area contributed by atoms with Gasteiger partial charge in [-0.1, -0.05) is 6.92 Å². The number of aryl methyl sites for hydroxylation is 2. The molecule has 0 amide bonds. The molecule has 3 N–H and O–H groups in total. The van der Waals surface area contributed by atoms with Crippen molar-refractivity contribution in [3.63, 3.8) is 0 Å². The van der Waals surface area contributed by atoms with E-state index in [1.54, 1.807) is 0 Å². The second kappa shape index (κ2) is 8.39. The second-order valence-corrected chi connectivity index (χ2v) is 4.74. The smallest absolute Gasteiger partial charge is 0.188 e. The molecule has 5 nitrogen and oxygen atoms in total. The largest absolute Gasteiger partial charge is 0.370 e. The Morgan fingerprint density at radius 1 is 1.47 bits per heavy atom. The van der Waals surface area contributed by atoms with Crippen LogP contribution in [0.25, 0.3) is 0 Å². The lowest BCUT2D eigenvalue weighted by molar-refractivity contribution is 0.636. The highest BCUT2D eigenvalue weighted by atomic mass is 127. The highest BCUT2D eigenvalue weighted by Crippen LogP contribution is 2.12. The molecule has 1 atom stereocenters. The van der Waals surface area contributed by atoms with Crippen LogP contribution in [-0.4, -0.2) is 28.3 Å². The molecule has 0 spiro atoms. The quantitative estimate of drug-likeness (QED) is 0.467. The fourth-order valence-electron chi connectivity index (χ4n) is 1.87. The van der Waals surface area contributed by atoms with Crippen LogP contribution in [0.5, 0.6) is 0 Å². The Hall–Kier alpha value is -0.790. The first-order valence-corrected chi connectivity index (χ1v) is 6.51. The molecule has 0 aliphatic carbocycles. The van der Waals surface area contributed by atoms with E-state index in [2.05, 4.69) is 36.2 Å². The zero-order valence-electron chi connectivity index (χ0n) is 12.5. The number of nitrogens with zero attached hydrogens (tertiary/aromatic N) is 3. The summed E-state index contributed by atoms with van der Waals surface area (Å²) in [5.41, 5.74) is 9.38. The molecular weight excluding hydrogens is 353 g/mol. The third-order valence-electron chi connectivity index (χ3n) is 3.31. The Morgan fingerprint density at radius 3 is 2.58 bits per heavy atom. The molecule has 1 rings (SSSR count). The van der Waals surface area contributed by atoms with Gasteiger partial charge >= 0.3 is 0 Å². The standard InChI is InChI=1S/C13H25N5.HI/c1-6-9(2)16-13(14)15-8-7-12-10(3)17-18(5)11(12)4;/h9H,6-8H2,1-5H3,(H3,14,15,16);1H. The Morgan fingerprint density at radius 2 is 2.11 bits per heavy atom. The molecule has 0 saturated carbocycles. The predicted molar refractivity (Wildman–Crippen MR) is 91.2 cm³/mol. The second-order valence-electron chi connectivity index (χ2n) is 4.74. The maximum absolute atomic E-state index is 5.81. The molecule has 0 radical (unpaired) electrons. The van der Waals surface area contributed by atoms with Gasteiger partial charge in [-0.15, -0.1) is 24.0 Å². The van der Waals surface area contributed by atoms with E-state index in [4.69, 9.17) is 5.73 Å². The Bertz CT molecular complexity index is 425. The van der Waals surface area contributed by atoms with E-state index in [-0.39, 0.29) is 24.0 Å². The molecule has 0 aromatic carbocycles. The van der Waals surface area contributed by atoms with Crippen molar-refractivity contribution in [2.45, 2.75) is 46.6 Å². The van der Waals surface area contributed by atoms with Crippen LogP contribution in [0.3, 0.4) is 0 Å². The maximum Gasteiger partial charge on any atom is 0.188 e. The zero-order valence-corrected chi connectivity index (χ0v) is 14.9. The van der Waals surface area contributed by atoms with Crippen LogP contribution in [0.1, 0.15) is 37.2 Å². The number of halogens is 1. The van der Waals surface area contributed by atoms with Crippen molar-refractivity contribution >= 4 is 29.9 Å². The number of hydrogen-bond donors (Lipinski definition) is 2. The van der Waals surface area contributed by atoms with E-state index in [0.717, 1.165) is 18.5 Å². The fourth-order valence-corrected chi connectivity index (χ4v) is 1.87. The molecule has 1 aromatic heterocycles. The predicted octanol–water partition coefficient (Wildman–Crippen LogP) is 1.90. The van der Waals surface area contributed by atoms with Crippen molar-refractivity contribution < 1.29 is 0 Å². The van der Waals surface area contributed by atoms with Crippen molar-refractivity contribution in [2.75, 3.05) is 6.54 Å². The van der Waals surface area contributed by atoms with Crippen LogP contribution in [0.15, 0.2) is 4.99 Å². The average molecular weight is 379 g/mol. The number of nitrogens with one attached hydrogen (secondary N) is 1. The molecule has 6 heteroatoms. The van der Waals surface area contributed by atoms with Gasteiger partial charge in [0.15, 0.2) is 5.96 Å². The molecule has 0 bridgehead atoms. The van der Waals surface area contributed by atoms with Crippen LogP contribution in [0.4, 0.5) is 0 Å². The molecule has 1 heterocycles. The van der Waals surface area contributed by atoms with E-state index in [9.17, 15) is 0 Å². The van der Waals surface area contributed by atoms with E-state index in [0.29, 0.717) is 18.5 Å². The van der Waals surface area contributed by atoms with E-state index < -0.39 is 0 Å². The lowest BCUT2D eigenvalue weighted by Gasteiger charge is -2.11. The molecule has 0 fully saturated rings. The molecule has 0 aliphatic heterocycles. The van der Waals surface area contributed by atoms with Crippen molar-refractivity contribution in [1.82, 2.24) is 15.1 Å². The summed E-state index contributed by atoms with van der Waals surface area (Å²) in [6.45, 7) is 9.03. The number of hydrogen-bond acceptors (Lipinski definition) is 2. The van der Waals surface area contributed by atoms with Gasteiger partial charge < -0.3 is 11.1 Å². The minimum atomic E-state index is 0. The van der Waals surface area contributed by atoms with Gasteiger partial charge in [-0.05, 0) is 39.2 Å². The minimum absolute atomic E-state index is 0. The first-order valence-electron chi connectivity index (χ1n) is 6.51. The van der Waals surface area contributed by atoms with Gasteiger partial charge in [0, 0.05) is 25.3 Å². The van der Waals surface area contributed by atoms with Gasteiger partial charge in [0.05, 0.1) is 5.69 Å². The van der Waals surface area contributed by atoms with Crippen LogP contribution in [0.2, 0.25) is 0 Å².